The van der Waals surface area contributed by atoms with Gasteiger partial charge in [0.1, 0.15) is 23.1 Å². The van der Waals surface area contributed by atoms with E-state index in [2.05, 4.69) is 10.3 Å². The Bertz CT molecular complexity index is 1270. The summed E-state index contributed by atoms with van der Waals surface area (Å²) in [6.45, 7) is 1.52. The monoisotopic (exact) mass is 458 g/mol. The summed E-state index contributed by atoms with van der Waals surface area (Å²) in [5, 5.41) is 2.76. The first-order valence-electron chi connectivity index (χ1n) is 11.0. The number of rotatable bonds is 6. The number of esters is 1. The molecule has 0 aliphatic carbocycles. The number of anilines is 1. The predicted molar refractivity (Wildman–Crippen MR) is 122 cm³/mol. The number of hydrogen-bond donors (Lipinski definition) is 1. The topological polar surface area (TPSA) is 104 Å². The molecule has 1 aromatic heterocycles. The minimum atomic E-state index is -0.849. The minimum Gasteiger partial charge on any atom is -0.478 e. The number of amides is 1. The van der Waals surface area contributed by atoms with Crippen molar-refractivity contribution in [3.8, 4) is 17.2 Å². The number of aromatic nitrogens is 1. The van der Waals surface area contributed by atoms with Gasteiger partial charge in [0.2, 0.25) is 12.0 Å². The third-order valence-electron chi connectivity index (χ3n) is 5.95. The van der Waals surface area contributed by atoms with Gasteiger partial charge in [-0.15, -0.1) is 0 Å². The number of ether oxygens (including phenoxy) is 3. The molecule has 5 rings (SSSR count). The Morgan fingerprint density at radius 2 is 1.94 bits per heavy atom. The molecule has 3 aromatic rings. The lowest BCUT2D eigenvalue weighted by atomic mass is 9.97. The molecule has 2 atom stereocenters. The quantitative estimate of drug-likeness (QED) is 0.439. The summed E-state index contributed by atoms with van der Waals surface area (Å²) in [7, 11) is 0. The van der Waals surface area contributed by atoms with Gasteiger partial charge in [0.25, 0.3) is 0 Å². The van der Waals surface area contributed by atoms with Crippen molar-refractivity contribution in [2.45, 2.75) is 31.8 Å². The molecule has 0 saturated heterocycles. The van der Waals surface area contributed by atoms with Gasteiger partial charge in [-0.3, -0.25) is 9.59 Å². The summed E-state index contributed by atoms with van der Waals surface area (Å²) in [6, 6.07) is 15.8. The van der Waals surface area contributed by atoms with Crippen LogP contribution >= 0.6 is 0 Å². The molecule has 0 bridgehead atoms. The second kappa shape index (κ2) is 8.97. The molecule has 2 aromatic carbocycles. The van der Waals surface area contributed by atoms with Gasteiger partial charge in [0.05, 0.1) is 0 Å². The fourth-order valence-corrected chi connectivity index (χ4v) is 4.11. The number of nitrogens with zero attached hydrogens (tertiary/aromatic N) is 1. The molecule has 2 aliphatic rings. The van der Waals surface area contributed by atoms with E-state index in [1.807, 2.05) is 19.1 Å². The van der Waals surface area contributed by atoms with Crippen LogP contribution in [0.1, 0.15) is 40.7 Å². The van der Waals surface area contributed by atoms with Crippen molar-refractivity contribution in [3.63, 3.8) is 0 Å². The molecular weight excluding hydrogens is 436 g/mol. The Morgan fingerprint density at radius 3 is 2.76 bits per heavy atom. The Hall–Kier alpha value is -4.20. The summed E-state index contributed by atoms with van der Waals surface area (Å²) in [5.74, 6) is 1.06. The first-order chi connectivity index (χ1) is 16.5. The van der Waals surface area contributed by atoms with Crippen molar-refractivity contribution in [2.75, 3.05) is 11.9 Å². The fraction of sp³-hybridized carbons (Fsp3) is 0.231. The first-order valence-corrected chi connectivity index (χ1v) is 11.0. The molecular formula is C26H22N2O6. The molecule has 2 aliphatic heterocycles. The van der Waals surface area contributed by atoms with Gasteiger partial charge in [0.15, 0.2) is 12.4 Å². The Kier molecular flexibility index (Phi) is 5.71. The van der Waals surface area contributed by atoms with Crippen LogP contribution in [-0.2, 0) is 20.7 Å². The van der Waals surface area contributed by atoms with E-state index in [1.165, 1.54) is 0 Å². The highest BCUT2D eigenvalue weighted by molar-refractivity contribution is 5.98. The van der Waals surface area contributed by atoms with Gasteiger partial charge in [-0.2, -0.15) is 0 Å². The lowest BCUT2D eigenvalue weighted by molar-refractivity contribution is -0.150. The van der Waals surface area contributed by atoms with Crippen molar-refractivity contribution in [1.82, 2.24) is 4.98 Å². The van der Waals surface area contributed by atoms with Gasteiger partial charge < -0.3 is 19.5 Å². The van der Waals surface area contributed by atoms with Gasteiger partial charge in [0, 0.05) is 35.2 Å². The van der Waals surface area contributed by atoms with E-state index >= 15 is 0 Å². The molecule has 1 N–H and O–H groups in total. The summed E-state index contributed by atoms with van der Waals surface area (Å²) < 4.78 is 17.2. The van der Waals surface area contributed by atoms with E-state index < -0.39 is 12.1 Å². The van der Waals surface area contributed by atoms with Crippen LogP contribution in [0.2, 0.25) is 0 Å². The number of benzene rings is 2. The summed E-state index contributed by atoms with van der Waals surface area (Å²) in [5.41, 5.74) is 2.14. The van der Waals surface area contributed by atoms with Crippen molar-refractivity contribution in [1.29, 1.82) is 0 Å². The van der Waals surface area contributed by atoms with Crippen molar-refractivity contribution >= 4 is 23.5 Å². The predicted octanol–water partition coefficient (Wildman–Crippen LogP) is 4.05. The normalized spacial score (nSPS) is 18.2. The Labute approximate surface area is 195 Å². The third kappa shape index (κ3) is 4.22. The summed E-state index contributed by atoms with van der Waals surface area (Å²) in [6.07, 6.45) is 1.66. The number of fused-ring (bicyclic) bond motifs is 2. The van der Waals surface area contributed by atoms with Crippen molar-refractivity contribution in [2.24, 2.45) is 0 Å². The number of Topliss-reactive ketones (excluding diaryl/α,β-unsaturated/α-hetero) is 1. The zero-order valence-corrected chi connectivity index (χ0v) is 18.4. The standard InChI is InChI=1S/C26H22N2O6/c1-15-19-13-17(33-22-11-12-27-25-18(22)8-10-23(30)28-25)7-9-21(19)34-24(15)26(31)32-14-20(29)16-5-3-2-4-6-16/h2-7,9,11-13,15,24H,8,10,14H2,1H3,(H,27,28,30). The van der Waals surface area contributed by atoms with Crippen LogP contribution in [0.25, 0.3) is 0 Å². The average Bonchev–Trinajstić information content (AvgIpc) is 3.18. The molecule has 3 heterocycles. The van der Waals surface area contributed by atoms with Crippen LogP contribution in [0.3, 0.4) is 0 Å². The van der Waals surface area contributed by atoms with Gasteiger partial charge in [-0.25, -0.2) is 9.78 Å². The molecule has 172 valence electrons. The van der Waals surface area contributed by atoms with Gasteiger partial charge >= 0.3 is 5.97 Å². The zero-order valence-electron chi connectivity index (χ0n) is 18.4. The second-order valence-corrected chi connectivity index (χ2v) is 8.21. The molecule has 34 heavy (non-hydrogen) atoms. The number of hydrogen-bond acceptors (Lipinski definition) is 7. The number of carbonyl (C=O) groups excluding carboxylic acids is 3. The van der Waals surface area contributed by atoms with E-state index in [-0.39, 0.29) is 24.2 Å². The Morgan fingerprint density at radius 1 is 1.12 bits per heavy atom. The number of ketones is 1. The van der Waals surface area contributed by atoms with Crippen LogP contribution in [0.5, 0.6) is 17.2 Å². The van der Waals surface area contributed by atoms with Gasteiger partial charge in [-0.1, -0.05) is 37.3 Å². The highest BCUT2D eigenvalue weighted by Crippen LogP contribution is 2.42. The molecule has 0 saturated carbocycles. The van der Waals surface area contributed by atoms with Crippen molar-refractivity contribution < 1.29 is 28.6 Å². The molecule has 8 heteroatoms. The number of pyridine rings is 1. The molecule has 0 fully saturated rings. The van der Waals surface area contributed by atoms with E-state index in [0.29, 0.717) is 41.5 Å². The number of carbonyl (C=O) groups is 3. The lowest BCUT2D eigenvalue weighted by Crippen LogP contribution is -2.31. The summed E-state index contributed by atoms with van der Waals surface area (Å²) >= 11 is 0. The highest BCUT2D eigenvalue weighted by Gasteiger charge is 2.38. The van der Waals surface area contributed by atoms with Crippen LogP contribution < -0.4 is 14.8 Å². The largest absolute Gasteiger partial charge is 0.478 e. The van der Waals surface area contributed by atoms with E-state index in [0.717, 1.165) is 11.1 Å². The van der Waals surface area contributed by atoms with Crippen LogP contribution in [-0.4, -0.2) is 35.4 Å². The Balaban J connectivity index is 1.27. The maximum atomic E-state index is 12.7. The van der Waals surface area contributed by atoms with Crippen LogP contribution in [0, 0.1) is 0 Å². The zero-order chi connectivity index (χ0) is 23.7. The van der Waals surface area contributed by atoms with E-state index in [1.54, 1.807) is 48.7 Å². The molecule has 0 spiro atoms. The summed E-state index contributed by atoms with van der Waals surface area (Å²) in [4.78, 5) is 40.7. The molecule has 0 radical (unpaired) electrons. The average molecular weight is 458 g/mol. The minimum absolute atomic E-state index is 0.0657. The highest BCUT2D eigenvalue weighted by atomic mass is 16.6. The lowest BCUT2D eigenvalue weighted by Gasteiger charge is -2.19. The fourth-order valence-electron chi connectivity index (χ4n) is 4.11. The second-order valence-electron chi connectivity index (χ2n) is 8.21. The van der Waals surface area contributed by atoms with Crippen LogP contribution in [0.4, 0.5) is 5.82 Å². The van der Waals surface area contributed by atoms with Crippen molar-refractivity contribution in [3.05, 3.63) is 77.5 Å². The number of nitrogens with one attached hydrogen (secondary N) is 1. The smallest absolute Gasteiger partial charge is 0.348 e. The first kappa shape index (κ1) is 21.6. The van der Waals surface area contributed by atoms with E-state index in [4.69, 9.17) is 14.2 Å². The molecule has 8 nitrogen and oxygen atoms in total. The maximum Gasteiger partial charge on any atom is 0.348 e. The van der Waals surface area contributed by atoms with Crippen LogP contribution in [0.15, 0.2) is 60.8 Å². The SMILES string of the molecule is CC1c2cc(Oc3ccnc4c3CCC(=O)N4)ccc2OC1C(=O)OCC(=O)c1ccccc1. The molecule has 1 amide bonds. The molecule has 2 unspecified atom stereocenters. The third-order valence-corrected chi connectivity index (χ3v) is 5.95. The van der Waals surface area contributed by atoms with Gasteiger partial charge in [-0.05, 0) is 30.7 Å². The maximum absolute atomic E-state index is 12.7. The van der Waals surface area contributed by atoms with E-state index in [9.17, 15) is 14.4 Å².